The van der Waals surface area contributed by atoms with Crippen molar-refractivity contribution in [2.45, 2.75) is 25.4 Å². The van der Waals surface area contributed by atoms with Gasteiger partial charge in [0.2, 0.25) is 5.95 Å². The lowest BCUT2D eigenvalue weighted by atomic mass is 9.94. The normalized spacial score (nSPS) is 27.5. The van der Waals surface area contributed by atoms with Crippen molar-refractivity contribution in [3.63, 3.8) is 0 Å². The first kappa shape index (κ1) is 12.0. The van der Waals surface area contributed by atoms with E-state index < -0.39 is 0 Å². The van der Waals surface area contributed by atoms with Gasteiger partial charge in [-0.15, -0.1) is 0 Å². The SMILES string of the molecule is COCCn1ccnc1N1C[C@@H]2CCCN[C@@H]2C1. The number of hydrogen-bond donors (Lipinski definition) is 1. The minimum Gasteiger partial charge on any atom is -0.383 e. The van der Waals surface area contributed by atoms with E-state index in [1.54, 1.807) is 7.11 Å². The quantitative estimate of drug-likeness (QED) is 0.855. The molecule has 2 aliphatic heterocycles. The lowest BCUT2D eigenvalue weighted by Crippen LogP contribution is -2.40. The Kier molecular flexibility index (Phi) is 3.52. The van der Waals surface area contributed by atoms with Crippen molar-refractivity contribution in [2.75, 3.05) is 38.3 Å². The monoisotopic (exact) mass is 250 g/mol. The number of nitrogens with zero attached hydrogens (tertiary/aromatic N) is 3. The lowest BCUT2D eigenvalue weighted by molar-refractivity contribution is 0.187. The Hall–Kier alpha value is -1.07. The van der Waals surface area contributed by atoms with Crippen LogP contribution in [0.3, 0.4) is 0 Å². The Morgan fingerprint density at radius 2 is 2.44 bits per heavy atom. The van der Waals surface area contributed by atoms with Crippen molar-refractivity contribution in [2.24, 2.45) is 5.92 Å². The molecule has 0 aliphatic carbocycles. The lowest BCUT2D eigenvalue weighted by Gasteiger charge is -2.24. The largest absolute Gasteiger partial charge is 0.383 e. The van der Waals surface area contributed by atoms with Crippen LogP contribution in [0, 0.1) is 5.92 Å². The van der Waals surface area contributed by atoms with Gasteiger partial charge in [-0.2, -0.15) is 0 Å². The maximum Gasteiger partial charge on any atom is 0.205 e. The molecule has 2 aliphatic rings. The average molecular weight is 250 g/mol. The molecular weight excluding hydrogens is 228 g/mol. The molecule has 5 heteroatoms. The van der Waals surface area contributed by atoms with Crippen LogP contribution in [0.1, 0.15) is 12.8 Å². The van der Waals surface area contributed by atoms with E-state index in [9.17, 15) is 0 Å². The molecule has 1 N–H and O–H groups in total. The van der Waals surface area contributed by atoms with E-state index >= 15 is 0 Å². The van der Waals surface area contributed by atoms with Gasteiger partial charge in [0, 0.05) is 45.2 Å². The number of fused-ring (bicyclic) bond motifs is 1. The number of imidazole rings is 1. The zero-order valence-electron chi connectivity index (χ0n) is 11.0. The van der Waals surface area contributed by atoms with Gasteiger partial charge in [-0.25, -0.2) is 4.98 Å². The van der Waals surface area contributed by atoms with E-state index in [-0.39, 0.29) is 0 Å². The fourth-order valence-electron chi connectivity index (χ4n) is 3.16. The van der Waals surface area contributed by atoms with Crippen molar-refractivity contribution >= 4 is 5.95 Å². The predicted octanol–water partition coefficient (Wildman–Crippen LogP) is 0.718. The summed E-state index contributed by atoms with van der Waals surface area (Å²) in [5, 5.41) is 3.63. The number of aromatic nitrogens is 2. The summed E-state index contributed by atoms with van der Waals surface area (Å²) in [6, 6.07) is 0.659. The number of anilines is 1. The Morgan fingerprint density at radius 1 is 1.50 bits per heavy atom. The molecule has 0 radical (unpaired) electrons. The molecule has 0 aromatic carbocycles. The van der Waals surface area contributed by atoms with E-state index in [1.165, 1.54) is 19.4 Å². The van der Waals surface area contributed by atoms with Crippen LogP contribution in [0.4, 0.5) is 5.95 Å². The van der Waals surface area contributed by atoms with E-state index in [4.69, 9.17) is 4.74 Å². The first-order chi connectivity index (χ1) is 8.88. The van der Waals surface area contributed by atoms with Gasteiger partial charge < -0.3 is 19.5 Å². The van der Waals surface area contributed by atoms with Crippen LogP contribution < -0.4 is 10.2 Å². The zero-order valence-corrected chi connectivity index (χ0v) is 11.0. The third kappa shape index (κ3) is 2.24. The van der Waals surface area contributed by atoms with Crippen molar-refractivity contribution in [1.82, 2.24) is 14.9 Å². The number of methoxy groups -OCH3 is 1. The Bertz CT molecular complexity index is 378. The third-order valence-electron chi connectivity index (χ3n) is 4.11. The number of ether oxygens (including phenoxy) is 1. The molecule has 2 fully saturated rings. The summed E-state index contributed by atoms with van der Waals surface area (Å²) in [5.41, 5.74) is 0. The Morgan fingerprint density at radius 3 is 3.28 bits per heavy atom. The topological polar surface area (TPSA) is 42.3 Å². The van der Waals surface area contributed by atoms with Crippen LogP contribution in [-0.2, 0) is 11.3 Å². The highest BCUT2D eigenvalue weighted by Crippen LogP contribution is 2.28. The molecule has 1 aromatic heterocycles. The first-order valence-corrected chi connectivity index (χ1v) is 6.87. The maximum atomic E-state index is 5.15. The highest BCUT2D eigenvalue weighted by atomic mass is 16.5. The van der Waals surface area contributed by atoms with Crippen molar-refractivity contribution < 1.29 is 4.74 Å². The summed E-state index contributed by atoms with van der Waals surface area (Å²) in [6.07, 6.45) is 6.60. The second-order valence-electron chi connectivity index (χ2n) is 5.28. The van der Waals surface area contributed by atoms with Gasteiger partial charge in [-0.3, -0.25) is 0 Å². The van der Waals surface area contributed by atoms with Gasteiger partial charge in [0.1, 0.15) is 0 Å². The van der Waals surface area contributed by atoms with E-state index in [0.29, 0.717) is 6.04 Å². The molecule has 0 amide bonds. The number of piperidine rings is 1. The van der Waals surface area contributed by atoms with Gasteiger partial charge in [-0.1, -0.05) is 0 Å². The summed E-state index contributed by atoms with van der Waals surface area (Å²) < 4.78 is 7.34. The van der Waals surface area contributed by atoms with Crippen LogP contribution in [0.2, 0.25) is 0 Å². The third-order valence-corrected chi connectivity index (χ3v) is 4.11. The molecule has 3 heterocycles. The number of rotatable bonds is 4. The van der Waals surface area contributed by atoms with Gasteiger partial charge in [0.15, 0.2) is 0 Å². The van der Waals surface area contributed by atoms with E-state index in [0.717, 1.165) is 38.1 Å². The van der Waals surface area contributed by atoms with Gasteiger partial charge in [0.05, 0.1) is 6.61 Å². The fraction of sp³-hybridized carbons (Fsp3) is 0.769. The van der Waals surface area contributed by atoms with Crippen LogP contribution in [0.25, 0.3) is 0 Å². The predicted molar refractivity (Wildman–Crippen MR) is 70.8 cm³/mol. The molecule has 1 aromatic rings. The highest BCUT2D eigenvalue weighted by Gasteiger charge is 2.35. The summed E-state index contributed by atoms with van der Waals surface area (Å²) >= 11 is 0. The Balaban J connectivity index is 1.69. The van der Waals surface area contributed by atoms with Crippen LogP contribution in [0.15, 0.2) is 12.4 Å². The van der Waals surface area contributed by atoms with Gasteiger partial charge >= 0.3 is 0 Å². The van der Waals surface area contributed by atoms with E-state index in [1.807, 2.05) is 12.4 Å². The summed E-state index contributed by atoms with van der Waals surface area (Å²) in [6.45, 7) is 5.02. The first-order valence-electron chi connectivity index (χ1n) is 6.87. The molecule has 0 bridgehead atoms. The average Bonchev–Trinajstić information content (AvgIpc) is 3.01. The van der Waals surface area contributed by atoms with Crippen LogP contribution >= 0.6 is 0 Å². The molecule has 3 rings (SSSR count). The summed E-state index contributed by atoms with van der Waals surface area (Å²) in [5.74, 6) is 1.90. The van der Waals surface area contributed by atoms with Crippen molar-refractivity contribution in [1.29, 1.82) is 0 Å². The van der Waals surface area contributed by atoms with Crippen molar-refractivity contribution in [3.8, 4) is 0 Å². The van der Waals surface area contributed by atoms with Crippen molar-refractivity contribution in [3.05, 3.63) is 12.4 Å². The van der Waals surface area contributed by atoms with Crippen LogP contribution in [0.5, 0.6) is 0 Å². The molecule has 0 unspecified atom stereocenters. The standard InChI is InChI=1S/C13H22N4O/c1-18-8-7-16-6-5-15-13(16)17-9-11-3-2-4-14-12(11)10-17/h5-6,11-12,14H,2-4,7-10H2,1H3/t11-,12+/m0/s1. The molecule has 2 saturated heterocycles. The molecule has 18 heavy (non-hydrogen) atoms. The molecule has 5 nitrogen and oxygen atoms in total. The highest BCUT2D eigenvalue weighted by molar-refractivity contribution is 5.34. The van der Waals surface area contributed by atoms with Crippen LogP contribution in [-0.4, -0.2) is 48.9 Å². The molecule has 100 valence electrons. The molecular formula is C13H22N4O. The minimum absolute atomic E-state index is 0.659. The number of hydrogen-bond acceptors (Lipinski definition) is 4. The fourth-order valence-corrected chi connectivity index (χ4v) is 3.16. The molecule has 2 atom stereocenters. The zero-order chi connectivity index (χ0) is 12.4. The van der Waals surface area contributed by atoms with E-state index in [2.05, 4.69) is 19.8 Å². The summed E-state index contributed by atoms with van der Waals surface area (Å²) in [4.78, 5) is 6.93. The Labute approximate surface area is 108 Å². The smallest absolute Gasteiger partial charge is 0.205 e. The molecule has 0 saturated carbocycles. The minimum atomic E-state index is 0.659. The van der Waals surface area contributed by atoms with Gasteiger partial charge in [-0.05, 0) is 25.3 Å². The second-order valence-corrected chi connectivity index (χ2v) is 5.28. The maximum absolute atomic E-state index is 5.15. The number of nitrogens with one attached hydrogen (secondary N) is 1. The molecule has 0 spiro atoms. The summed E-state index contributed by atoms with van der Waals surface area (Å²) in [7, 11) is 1.74. The second kappa shape index (κ2) is 5.28. The van der Waals surface area contributed by atoms with Gasteiger partial charge in [0.25, 0.3) is 0 Å².